The molecule has 2 fully saturated rings. The molecule has 0 unspecified atom stereocenters. The minimum atomic E-state index is 0.285. The number of aromatic hydroxyl groups is 1. The predicted octanol–water partition coefficient (Wildman–Crippen LogP) is 6.95. The van der Waals surface area contributed by atoms with Crippen LogP contribution in [0, 0.1) is 0 Å². The van der Waals surface area contributed by atoms with E-state index in [1.807, 2.05) is 12.1 Å². The molecule has 0 radical (unpaired) electrons. The molecule has 7 heteroatoms. The van der Waals surface area contributed by atoms with Gasteiger partial charge in [0, 0.05) is 22.7 Å². The molecule has 2 aliphatic rings. The van der Waals surface area contributed by atoms with Gasteiger partial charge in [0.05, 0.1) is 19.8 Å². The second-order valence-electron chi connectivity index (χ2n) is 11.2. The van der Waals surface area contributed by atoms with Crippen LogP contribution in [0.3, 0.4) is 0 Å². The van der Waals surface area contributed by atoms with Crippen molar-refractivity contribution < 1.29 is 19.3 Å². The van der Waals surface area contributed by atoms with Crippen molar-refractivity contribution in [2.75, 3.05) is 53.6 Å². The van der Waals surface area contributed by atoms with Crippen molar-refractivity contribution in [1.82, 2.24) is 9.80 Å². The first kappa shape index (κ1) is 27.9. The third-order valence-corrected chi connectivity index (χ3v) is 9.64. The highest BCUT2D eigenvalue weighted by atomic mass is 32.1. The normalized spacial score (nSPS) is 16.0. The number of fused-ring (bicyclic) bond motifs is 1. The zero-order valence-electron chi connectivity index (χ0n) is 24.2. The van der Waals surface area contributed by atoms with Crippen LogP contribution in [0.5, 0.6) is 23.0 Å². The molecule has 3 aromatic carbocycles. The number of methoxy groups -OCH3 is 2. The molecule has 0 atom stereocenters. The molecule has 1 aromatic heterocycles. The summed E-state index contributed by atoms with van der Waals surface area (Å²) in [5.41, 5.74) is 4.64. The predicted molar refractivity (Wildman–Crippen MR) is 167 cm³/mol. The van der Waals surface area contributed by atoms with Gasteiger partial charge in [0.15, 0.2) is 0 Å². The second kappa shape index (κ2) is 12.7. The highest BCUT2D eigenvalue weighted by molar-refractivity contribution is 7.22. The van der Waals surface area contributed by atoms with Gasteiger partial charge in [-0.05, 0) is 135 Å². The van der Waals surface area contributed by atoms with Crippen molar-refractivity contribution >= 4 is 21.4 Å². The third kappa shape index (κ3) is 6.32. The van der Waals surface area contributed by atoms with E-state index in [1.54, 1.807) is 31.6 Å². The fraction of sp³-hybridized carbons (Fsp3) is 0.412. The fourth-order valence-electron chi connectivity index (χ4n) is 6.21. The second-order valence-corrected chi connectivity index (χ2v) is 12.2. The Morgan fingerprint density at radius 1 is 0.780 bits per heavy atom. The van der Waals surface area contributed by atoms with Crippen molar-refractivity contribution in [3.8, 4) is 33.4 Å². The largest absolute Gasteiger partial charge is 0.508 e. The zero-order valence-corrected chi connectivity index (χ0v) is 25.0. The minimum Gasteiger partial charge on any atom is -0.508 e. The van der Waals surface area contributed by atoms with Crippen molar-refractivity contribution in [3.05, 3.63) is 71.3 Å². The van der Waals surface area contributed by atoms with Gasteiger partial charge in [0.2, 0.25) is 0 Å². The maximum Gasteiger partial charge on any atom is 0.127 e. The minimum absolute atomic E-state index is 0.285. The number of ether oxygens (including phenoxy) is 3. The Morgan fingerprint density at radius 3 is 2.10 bits per heavy atom. The van der Waals surface area contributed by atoms with Crippen LogP contribution in [0.2, 0.25) is 0 Å². The lowest BCUT2D eigenvalue weighted by molar-refractivity contribution is 0.238. The van der Waals surface area contributed by atoms with E-state index in [2.05, 4.69) is 46.2 Å². The molecule has 0 spiro atoms. The lowest BCUT2D eigenvalue weighted by atomic mass is 9.97. The van der Waals surface area contributed by atoms with Gasteiger partial charge in [0.25, 0.3) is 0 Å². The van der Waals surface area contributed by atoms with Crippen LogP contribution < -0.4 is 14.2 Å². The Bertz CT molecular complexity index is 1450. The lowest BCUT2D eigenvalue weighted by Crippen LogP contribution is -2.25. The van der Waals surface area contributed by atoms with Crippen LogP contribution in [0.15, 0.2) is 54.6 Å². The Labute approximate surface area is 247 Å². The molecule has 2 saturated heterocycles. The highest BCUT2D eigenvalue weighted by Crippen LogP contribution is 2.42. The molecule has 216 valence electrons. The topological polar surface area (TPSA) is 54.4 Å². The molecular formula is C34H40N2O4S. The van der Waals surface area contributed by atoms with Gasteiger partial charge in [-0.2, -0.15) is 0 Å². The van der Waals surface area contributed by atoms with Gasteiger partial charge in [0.1, 0.15) is 29.6 Å². The first-order valence-electron chi connectivity index (χ1n) is 14.8. The Hall–Kier alpha value is -3.26. The number of phenolic OH excluding ortho intramolecular Hbond substituents is 1. The van der Waals surface area contributed by atoms with Crippen molar-refractivity contribution in [1.29, 1.82) is 0 Å². The van der Waals surface area contributed by atoms with E-state index in [9.17, 15) is 5.11 Å². The summed E-state index contributed by atoms with van der Waals surface area (Å²) in [6, 6.07) is 18.5. The molecule has 3 heterocycles. The van der Waals surface area contributed by atoms with Crippen LogP contribution in [-0.4, -0.2) is 68.5 Å². The van der Waals surface area contributed by atoms with E-state index in [0.29, 0.717) is 6.61 Å². The molecule has 4 aromatic rings. The molecule has 41 heavy (non-hydrogen) atoms. The summed E-state index contributed by atoms with van der Waals surface area (Å²) in [6.07, 6.45) is 5.82. The maximum absolute atomic E-state index is 10.2. The highest BCUT2D eigenvalue weighted by Gasteiger charge is 2.21. The number of hydrogen-bond acceptors (Lipinski definition) is 7. The molecule has 0 bridgehead atoms. The first-order chi connectivity index (χ1) is 20.1. The van der Waals surface area contributed by atoms with Crippen LogP contribution in [0.4, 0.5) is 0 Å². The number of phenols is 1. The monoisotopic (exact) mass is 572 g/mol. The average Bonchev–Trinajstić information content (AvgIpc) is 3.76. The van der Waals surface area contributed by atoms with Gasteiger partial charge in [-0.15, -0.1) is 11.3 Å². The first-order valence-corrected chi connectivity index (χ1v) is 15.6. The fourth-order valence-corrected chi connectivity index (χ4v) is 7.47. The van der Waals surface area contributed by atoms with Gasteiger partial charge >= 0.3 is 0 Å². The van der Waals surface area contributed by atoms with Gasteiger partial charge in [-0.3, -0.25) is 9.80 Å². The SMILES string of the molecule is COc1cc(Cc2c(-c3ccc(OCCN4CCCC4)cc3)sc3cc(O)ccc23)cc(OC)c1CN1CCCC1. The smallest absolute Gasteiger partial charge is 0.127 e. The summed E-state index contributed by atoms with van der Waals surface area (Å²) in [6.45, 7) is 7.14. The maximum atomic E-state index is 10.2. The molecule has 1 N–H and O–H groups in total. The summed E-state index contributed by atoms with van der Waals surface area (Å²) in [7, 11) is 3.49. The van der Waals surface area contributed by atoms with Crippen molar-refractivity contribution in [2.24, 2.45) is 0 Å². The number of benzene rings is 3. The number of rotatable bonds is 11. The van der Waals surface area contributed by atoms with Gasteiger partial charge < -0.3 is 19.3 Å². The van der Waals surface area contributed by atoms with Crippen molar-refractivity contribution in [3.63, 3.8) is 0 Å². The van der Waals surface area contributed by atoms with E-state index in [0.717, 1.165) is 76.6 Å². The summed E-state index contributed by atoms with van der Waals surface area (Å²) in [5, 5.41) is 11.4. The van der Waals surface area contributed by atoms with E-state index < -0.39 is 0 Å². The molecule has 2 aliphatic heterocycles. The van der Waals surface area contributed by atoms with Gasteiger partial charge in [-0.1, -0.05) is 0 Å². The summed E-state index contributed by atoms with van der Waals surface area (Å²) < 4.78 is 18.9. The molecule has 0 saturated carbocycles. The zero-order chi connectivity index (χ0) is 28.2. The average molecular weight is 573 g/mol. The van der Waals surface area contributed by atoms with E-state index in [-0.39, 0.29) is 5.75 Å². The number of hydrogen-bond donors (Lipinski definition) is 1. The van der Waals surface area contributed by atoms with Crippen LogP contribution in [0.25, 0.3) is 20.5 Å². The van der Waals surface area contributed by atoms with Crippen LogP contribution in [0.1, 0.15) is 42.4 Å². The Balaban J connectivity index is 1.28. The molecule has 6 nitrogen and oxygen atoms in total. The summed E-state index contributed by atoms with van der Waals surface area (Å²) >= 11 is 1.72. The Kier molecular flexibility index (Phi) is 8.65. The Morgan fingerprint density at radius 2 is 1.44 bits per heavy atom. The van der Waals surface area contributed by atoms with Crippen LogP contribution in [-0.2, 0) is 13.0 Å². The van der Waals surface area contributed by atoms with E-state index in [1.165, 1.54) is 49.2 Å². The number of nitrogens with zero attached hydrogens (tertiary/aromatic N) is 2. The lowest BCUT2D eigenvalue weighted by Gasteiger charge is -2.20. The van der Waals surface area contributed by atoms with Crippen molar-refractivity contribution in [2.45, 2.75) is 38.6 Å². The van der Waals surface area contributed by atoms with E-state index >= 15 is 0 Å². The number of likely N-dealkylation sites (tertiary alicyclic amines) is 2. The summed E-state index contributed by atoms with van der Waals surface area (Å²) in [5.74, 6) is 2.94. The molecular weight excluding hydrogens is 532 g/mol. The number of thiophene rings is 1. The van der Waals surface area contributed by atoms with Crippen LogP contribution >= 0.6 is 11.3 Å². The quantitative estimate of drug-likeness (QED) is 0.210. The third-order valence-electron chi connectivity index (χ3n) is 8.40. The molecule has 6 rings (SSSR count). The van der Waals surface area contributed by atoms with E-state index in [4.69, 9.17) is 14.2 Å². The summed E-state index contributed by atoms with van der Waals surface area (Å²) in [4.78, 5) is 6.14. The molecule has 0 amide bonds. The standard InChI is InChI=1S/C34H40N2O4S/c1-38-31-20-24(21-32(39-2)30(31)23-36-15-5-6-16-36)19-29-28-12-9-26(37)22-33(28)41-34(29)25-7-10-27(11-8-25)40-18-17-35-13-3-4-14-35/h7-12,20-22,37H,3-6,13-19,23H2,1-2H3. The molecule has 0 aliphatic carbocycles. The van der Waals surface area contributed by atoms with Gasteiger partial charge in [-0.25, -0.2) is 0 Å².